The largest absolute Gasteiger partial charge is 0.378 e. The van der Waals surface area contributed by atoms with E-state index in [1.54, 1.807) is 0 Å². The summed E-state index contributed by atoms with van der Waals surface area (Å²) in [6.07, 6.45) is 0.612. The lowest BCUT2D eigenvalue weighted by Crippen LogP contribution is -2.42. The summed E-state index contributed by atoms with van der Waals surface area (Å²) < 4.78 is 24.0. The molecule has 0 amide bonds. The van der Waals surface area contributed by atoms with E-state index in [9.17, 15) is 4.39 Å². The molecule has 1 aliphatic rings. The number of aromatic nitrogens is 2. The van der Waals surface area contributed by atoms with Gasteiger partial charge >= 0.3 is 0 Å². The van der Waals surface area contributed by atoms with E-state index in [-0.39, 0.29) is 11.9 Å². The van der Waals surface area contributed by atoms with Gasteiger partial charge in [0.2, 0.25) is 11.7 Å². The Bertz CT molecular complexity index is 574. The number of hydrogen-bond donors (Lipinski definition) is 1. The van der Waals surface area contributed by atoms with Gasteiger partial charge in [-0.2, -0.15) is 4.98 Å². The second kappa shape index (κ2) is 5.68. The fourth-order valence-electron chi connectivity index (χ4n) is 2.28. The van der Waals surface area contributed by atoms with Crippen molar-refractivity contribution < 1.29 is 13.7 Å². The van der Waals surface area contributed by atoms with Crippen molar-refractivity contribution in [1.82, 2.24) is 15.5 Å². The summed E-state index contributed by atoms with van der Waals surface area (Å²) in [6.45, 7) is 4.02. The highest BCUT2D eigenvalue weighted by atomic mass is 19.1. The number of aryl methyl sites for hydroxylation is 1. The van der Waals surface area contributed by atoms with E-state index in [1.807, 2.05) is 13.0 Å². The zero-order valence-corrected chi connectivity index (χ0v) is 11.2. The molecule has 1 aromatic carbocycles. The van der Waals surface area contributed by atoms with Gasteiger partial charge < -0.3 is 14.6 Å². The molecule has 1 aliphatic heterocycles. The van der Waals surface area contributed by atoms with Gasteiger partial charge in [-0.1, -0.05) is 5.16 Å². The van der Waals surface area contributed by atoms with Crippen LogP contribution in [-0.4, -0.2) is 35.9 Å². The molecule has 2 aromatic rings. The average molecular weight is 277 g/mol. The van der Waals surface area contributed by atoms with Crippen LogP contribution in [-0.2, 0) is 11.2 Å². The van der Waals surface area contributed by atoms with Crippen LogP contribution in [0.3, 0.4) is 0 Å². The Morgan fingerprint density at radius 1 is 1.40 bits per heavy atom. The predicted octanol–water partition coefficient (Wildman–Crippen LogP) is 1.72. The van der Waals surface area contributed by atoms with Crippen molar-refractivity contribution >= 4 is 0 Å². The lowest BCUT2D eigenvalue weighted by Gasteiger charge is -2.22. The molecule has 0 spiro atoms. The molecule has 106 valence electrons. The van der Waals surface area contributed by atoms with Gasteiger partial charge in [0.05, 0.1) is 13.2 Å². The van der Waals surface area contributed by atoms with E-state index < -0.39 is 0 Å². The zero-order chi connectivity index (χ0) is 13.9. The van der Waals surface area contributed by atoms with Crippen molar-refractivity contribution in [1.29, 1.82) is 0 Å². The van der Waals surface area contributed by atoms with E-state index in [1.165, 1.54) is 12.1 Å². The molecule has 5 nitrogen and oxygen atoms in total. The molecule has 1 N–H and O–H groups in total. The topological polar surface area (TPSA) is 60.2 Å². The third kappa shape index (κ3) is 3.02. The SMILES string of the molecule is Cc1cc(F)cc(-c2noc(CC3COCCN3)n2)c1. The monoisotopic (exact) mass is 277 g/mol. The van der Waals surface area contributed by atoms with Crippen molar-refractivity contribution in [2.75, 3.05) is 19.8 Å². The fourth-order valence-corrected chi connectivity index (χ4v) is 2.28. The lowest BCUT2D eigenvalue weighted by atomic mass is 10.1. The van der Waals surface area contributed by atoms with Crippen molar-refractivity contribution in [3.8, 4) is 11.4 Å². The average Bonchev–Trinajstić information content (AvgIpc) is 2.87. The number of benzene rings is 1. The quantitative estimate of drug-likeness (QED) is 0.925. The smallest absolute Gasteiger partial charge is 0.228 e. The molecular weight excluding hydrogens is 261 g/mol. The van der Waals surface area contributed by atoms with E-state index >= 15 is 0 Å². The molecular formula is C14H16FN3O2. The minimum atomic E-state index is -0.298. The summed E-state index contributed by atoms with van der Waals surface area (Å²) in [5, 5.41) is 7.23. The Balaban J connectivity index is 1.75. The molecule has 6 heteroatoms. The van der Waals surface area contributed by atoms with Crippen LogP contribution in [0.4, 0.5) is 4.39 Å². The van der Waals surface area contributed by atoms with Crippen molar-refractivity contribution in [3.05, 3.63) is 35.5 Å². The van der Waals surface area contributed by atoms with E-state index in [0.717, 1.165) is 18.7 Å². The molecule has 1 unspecified atom stereocenters. The summed E-state index contributed by atoms with van der Waals surface area (Å²) in [5.41, 5.74) is 1.46. The van der Waals surface area contributed by atoms with Gasteiger partial charge in [-0.3, -0.25) is 0 Å². The second-order valence-electron chi connectivity index (χ2n) is 4.96. The van der Waals surface area contributed by atoms with E-state index in [0.29, 0.717) is 30.3 Å². The molecule has 0 aliphatic carbocycles. The van der Waals surface area contributed by atoms with Crippen LogP contribution < -0.4 is 5.32 Å². The summed E-state index contributed by atoms with van der Waals surface area (Å²) in [5.74, 6) is 0.651. The van der Waals surface area contributed by atoms with Crippen molar-refractivity contribution in [2.45, 2.75) is 19.4 Å². The van der Waals surface area contributed by atoms with Crippen molar-refractivity contribution in [3.63, 3.8) is 0 Å². The van der Waals surface area contributed by atoms with Gasteiger partial charge in [0, 0.05) is 24.6 Å². The summed E-state index contributed by atoms with van der Waals surface area (Å²) in [6, 6.07) is 4.89. The molecule has 0 radical (unpaired) electrons. The van der Waals surface area contributed by atoms with E-state index in [4.69, 9.17) is 9.26 Å². The fraction of sp³-hybridized carbons (Fsp3) is 0.429. The van der Waals surface area contributed by atoms with Crippen LogP contribution in [0, 0.1) is 12.7 Å². The number of morpholine rings is 1. The molecule has 3 rings (SSSR count). The number of halogens is 1. The van der Waals surface area contributed by atoms with Gasteiger partial charge in [-0.25, -0.2) is 4.39 Å². The zero-order valence-electron chi connectivity index (χ0n) is 11.2. The number of ether oxygens (including phenoxy) is 1. The molecule has 1 atom stereocenters. The Morgan fingerprint density at radius 2 is 2.30 bits per heavy atom. The van der Waals surface area contributed by atoms with Crippen LogP contribution in [0.2, 0.25) is 0 Å². The Morgan fingerprint density at radius 3 is 3.05 bits per heavy atom. The predicted molar refractivity (Wildman–Crippen MR) is 70.7 cm³/mol. The molecule has 2 heterocycles. The summed E-state index contributed by atoms with van der Waals surface area (Å²) >= 11 is 0. The van der Waals surface area contributed by atoms with Crippen LogP contribution in [0.25, 0.3) is 11.4 Å². The maximum atomic E-state index is 13.4. The normalized spacial score (nSPS) is 19.2. The van der Waals surface area contributed by atoms with Gasteiger partial charge in [0.15, 0.2) is 0 Å². The number of rotatable bonds is 3. The minimum absolute atomic E-state index is 0.186. The third-order valence-corrected chi connectivity index (χ3v) is 3.19. The minimum Gasteiger partial charge on any atom is -0.378 e. The summed E-state index contributed by atoms with van der Waals surface area (Å²) in [4.78, 5) is 4.32. The molecule has 0 saturated carbocycles. The Kier molecular flexibility index (Phi) is 3.75. The number of hydrogen-bond acceptors (Lipinski definition) is 5. The molecule has 1 saturated heterocycles. The first kappa shape index (κ1) is 13.2. The van der Waals surface area contributed by atoms with Crippen LogP contribution in [0.5, 0.6) is 0 Å². The molecule has 1 fully saturated rings. The van der Waals surface area contributed by atoms with Gasteiger partial charge in [0.1, 0.15) is 5.82 Å². The first-order chi connectivity index (χ1) is 9.70. The number of nitrogens with zero attached hydrogens (tertiary/aromatic N) is 2. The first-order valence-corrected chi connectivity index (χ1v) is 6.62. The highest BCUT2D eigenvalue weighted by Gasteiger charge is 2.18. The maximum absolute atomic E-state index is 13.4. The van der Waals surface area contributed by atoms with E-state index in [2.05, 4.69) is 15.5 Å². The highest BCUT2D eigenvalue weighted by Crippen LogP contribution is 2.19. The van der Waals surface area contributed by atoms with Gasteiger partial charge in [0.25, 0.3) is 0 Å². The maximum Gasteiger partial charge on any atom is 0.228 e. The Hall–Kier alpha value is -1.79. The molecule has 20 heavy (non-hydrogen) atoms. The highest BCUT2D eigenvalue weighted by molar-refractivity contribution is 5.55. The molecule has 0 bridgehead atoms. The first-order valence-electron chi connectivity index (χ1n) is 6.62. The number of nitrogens with one attached hydrogen (secondary N) is 1. The Labute approximate surface area is 116 Å². The standard InChI is InChI=1S/C14H16FN3O2/c1-9-4-10(6-11(15)5-9)14-17-13(20-18-14)7-12-8-19-3-2-16-12/h4-6,12,16H,2-3,7-8H2,1H3. The van der Waals surface area contributed by atoms with Gasteiger partial charge in [-0.15, -0.1) is 0 Å². The van der Waals surface area contributed by atoms with Gasteiger partial charge in [-0.05, 0) is 30.7 Å². The van der Waals surface area contributed by atoms with Crippen LogP contribution in [0.1, 0.15) is 11.5 Å². The lowest BCUT2D eigenvalue weighted by molar-refractivity contribution is 0.0744. The third-order valence-electron chi connectivity index (χ3n) is 3.19. The molecule has 1 aromatic heterocycles. The second-order valence-corrected chi connectivity index (χ2v) is 4.96. The van der Waals surface area contributed by atoms with Crippen LogP contribution in [0.15, 0.2) is 22.7 Å². The van der Waals surface area contributed by atoms with Crippen molar-refractivity contribution in [2.24, 2.45) is 0 Å². The summed E-state index contributed by atoms with van der Waals surface area (Å²) in [7, 11) is 0. The van der Waals surface area contributed by atoms with Crippen LogP contribution >= 0.6 is 0 Å².